The highest BCUT2D eigenvalue weighted by molar-refractivity contribution is 7.99. The van der Waals surface area contributed by atoms with E-state index in [9.17, 15) is 0 Å². The smallest absolute Gasteiger partial charge is 0.134 e. The number of rotatable bonds is 5. The van der Waals surface area contributed by atoms with E-state index in [1.165, 1.54) is 0 Å². The summed E-state index contributed by atoms with van der Waals surface area (Å²) in [5.74, 6) is 0.814. The van der Waals surface area contributed by atoms with E-state index in [1.54, 1.807) is 18.9 Å². The summed E-state index contributed by atoms with van der Waals surface area (Å²) in [6, 6.07) is 21.3. The van der Waals surface area contributed by atoms with Gasteiger partial charge >= 0.3 is 0 Å². The molecule has 0 atom stereocenters. The van der Waals surface area contributed by atoms with Gasteiger partial charge in [0.2, 0.25) is 0 Å². The molecule has 0 spiro atoms. The molecule has 2 nitrogen and oxygen atoms in total. The predicted molar refractivity (Wildman–Crippen MR) is 103 cm³/mol. The second kappa shape index (κ2) is 7.84. The maximum absolute atomic E-state index is 5.97. The molecule has 3 aromatic rings. The number of benzene rings is 3. The Morgan fingerprint density at radius 1 is 0.833 bits per heavy atom. The van der Waals surface area contributed by atoms with Crippen molar-refractivity contribution in [2.75, 3.05) is 12.4 Å². The number of anilines is 2. The molecular formula is C19H15Cl2NOS. The maximum atomic E-state index is 5.97. The summed E-state index contributed by atoms with van der Waals surface area (Å²) < 4.78 is 5.53. The van der Waals surface area contributed by atoms with Crippen LogP contribution in [-0.4, -0.2) is 7.11 Å². The van der Waals surface area contributed by atoms with E-state index in [-0.39, 0.29) is 0 Å². The van der Waals surface area contributed by atoms with Gasteiger partial charge in [-0.1, -0.05) is 41.0 Å². The fourth-order valence-electron chi connectivity index (χ4n) is 2.19. The molecule has 0 bridgehead atoms. The summed E-state index contributed by atoms with van der Waals surface area (Å²) in [5, 5.41) is 4.85. The Morgan fingerprint density at radius 3 is 2.08 bits per heavy atom. The van der Waals surface area contributed by atoms with Gasteiger partial charge in [0.05, 0.1) is 17.7 Å². The summed E-state index contributed by atoms with van der Waals surface area (Å²) in [6.45, 7) is 0. The molecule has 1 N–H and O–H groups in total. The molecule has 0 radical (unpaired) electrons. The lowest BCUT2D eigenvalue weighted by Crippen LogP contribution is -1.95. The van der Waals surface area contributed by atoms with E-state index >= 15 is 0 Å². The number of methoxy groups -OCH3 is 1. The summed E-state index contributed by atoms with van der Waals surface area (Å²) >= 11 is 13.5. The van der Waals surface area contributed by atoms with E-state index in [2.05, 4.69) is 5.32 Å². The van der Waals surface area contributed by atoms with Crippen molar-refractivity contribution in [3.8, 4) is 5.75 Å². The van der Waals surface area contributed by atoms with Gasteiger partial charge in [-0.25, -0.2) is 0 Å². The van der Waals surface area contributed by atoms with Crippen molar-refractivity contribution < 1.29 is 4.74 Å². The molecule has 3 rings (SSSR count). The minimum atomic E-state index is 0.710. The van der Waals surface area contributed by atoms with Crippen molar-refractivity contribution in [3.05, 3.63) is 76.8 Å². The third-order valence-electron chi connectivity index (χ3n) is 3.36. The highest BCUT2D eigenvalue weighted by atomic mass is 35.5. The molecule has 3 aromatic carbocycles. The number of hydrogen-bond donors (Lipinski definition) is 1. The minimum absolute atomic E-state index is 0.710. The summed E-state index contributed by atoms with van der Waals surface area (Å²) in [7, 11) is 1.67. The van der Waals surface area contributed by atoms with Gasteiger partial charge in [0.25, 0.3) is 0 Å². The second-order valence-corrected chi connectivity index (χ2v) is 6.98. The Balaban J connectivity index is 1.93. The monoisotopic (exact) mass is 375 g/mol. The van der Waals surface area contributed by atoms with Crippen LogP contribution in [0.5, 0.6) is 5.75 Å². The zero-order chi connectivity index (χ0) is 16.9. The van der Waals surface area contributed by atoms with Crippen molar-refractivity contribution >= 4 is 46.3 Å². The van der Waals surface area contributed by atoms with Gasteiger partial charge in [-0.05, 0) is 60.7 Å². The van der Waals surface area contributed by atoms with Gasteiger partial charge in [0.15, 0.2) is 0 Å². The molecule has 24 heavy (non-hydrogen) atoms. The molecule has 0 unspecified atom stereocenters. The average Bonchev–Trinajstić information content (AvgIpc) is 2.60. The first kappa shape index (κ1) is 17.0. The lowest BCUT2D eigenvalue weighted by Gasteiger charge is -2.15. The molecule has 0 aromatic heterocycles. The van der Waals surface area contributed by atoms with Gasteiger partial charge in [0.1, 0.15) is 5.75 Å². The Morgan fingerprint density at radius 2 is 1.46 bits per heavy atom. The Bertz CT molecular complexity index is 820. The first-order valence-electron chi connectivity index (χ1n) is 7.29. The number of nitrogens with one attached hydrogen (secondary N) is 1. The SMILES string of the molecule is COc1cccc(Nc2ccc(Cl)cc2)c1Sc1ccc(Cl)cc1. The first-order chi connectivity index (χ1) is 11.7. The molecule has 0 heterocycles. The van der Waals surface area contributed by atoms with Crippen molar-refractivity contribution in [1.29, 1.82) is 0 Å². The lowest BCUT2D eigenvalue weighted by atomic mass is 10.2. The Labute approximate surface area is 155 Å². The largest absolute Gasteiger partial charge is 0.495 e. The molecular weight excluding hydrogens is 361 g/mol. The van der Waals surface area contributed by atoms with Crippen molar-refractivity contribution in [2.45, 2.75) is 9.79 Å². The van der Waals surface area contributed by atoms with Crippen LogP contribution in [0.25, 0.3) is 0 Å². The second-order valence-electron chi connectivity index (χ2n) is 5.02. The number of ether oxygens (including phenoxy) is 1. The van der Waals surface area contributed by atoms with Crippen LogP contribution in [0.15, 0.2) is 76.5 Å². The third kappa shape index (κ3) is 4.18. The van der Waals surface area contributed by atoms with Gasteiger partial charge in [-0.2, -0.15) is 0 Å². The molecule has 0 aliphatic rings. The van der Waals surface area contributed by atoms with Crippen LogP contribution in [0.1, 0.15) is 0 Å². The normalized spacial score (nSPS) is 10.5. The van der Waals surface area contributed by atoms with Gasteiger partial charge in [0, 0.05) is 20.6 Å². The number of hydrogen-bond acceptors (Lipinski definition) is 3. The van der Waals surface area contributed by atoms with E-state index in [0.29, 0.717) is 5.02 Å². The zero-order valence-corrected chi connectivity index (χ0v) is 15.3. The molecule has 122 valence electrons. The van der Waals surface area contributed by atoms with Crippen LogP contribution in [0, 0.1) is 0 Å². The fraction of sp³-hybridized carbons (Fsp3) is 0.0526. The summed E-state index contributed by atoms with van der Waals surface area (Å²) in [6.07, 6.45) is 0. The maximum Gasteiger partial charge on any atom is 0.134 e. The topological polar surface area (TPSA) is 21.3 Å². The minimum Gasteiger partial charge on any atom is -0.495 e. The third-order valence-corrected chi connectivity index (χ3v) is 4.99. The number of halogens is 2. The molecule has 0 aliphatic carbocycles. The Kier molecular flexibility index (Phi) is 5.56. The van der Waals surface area contributed by atoms with E-state index in [0.717, 1.165) is 31.9 Å². The van der Waals surface area contributed by atoms with Gasteiger partial charge in [-0.3, -0.25) is 0 Å². The van der Waals surface area contributed by atoms with E-state index in [4.69, 9.17) is 27.9 Å². The fourth-order valence-corrected chi connectivity index (χ4v) is 3.43. The van der Waals surface area contributed by atoms with E-state index < -0.39 is 0 Å². The Hall–Kier alpha value is -1.81. The van der Waals surface area contributed by atoms with E-state index in [1.807, 2.05) is 66.7 Å². The van der Waals surface area contributed by atoms with Gasteiger partial charge < -0.3 is 10.1 Å². The molecule has 0 aliphatic heterocycles. The molecule has 5 heteroatoms. The molecule has 0 fully saturated rings. The predicted octanol–water partition coefficient (Wildman–Crippen LogP) is 6.90. The van der Waals surface area contributed by atoms with Crippen LogP contribution < -0.4 is 10.1 Å². The molecule has 0 saturated carbocycles. The van der Waals surface area contributed by atoms with Crippen molar-refractivity contribution in [2.24, 2.45) is 0 Å². The standard InChI is InChI=1S/C19H15Cl2NOS/c1-23-18-4-2-3-17(22-15-9-5-13(20)6-10-15)19(18)24-16-11-7-14(21)8-12-16/h2-12,22H,1H3. The van der Waals surface area contributed by atoms with Crippen LogP contribution in [-0.2, 0) is 0 Å². The van der Waals surface area contributed by atoms with Crippen LogP contribution in [0.4, 0.5) is 11.4 Å². The van der Waals surface area contributed by atoms with Gasteiger partial charge in [-0.15, -0.1) is 0 Å². The quantitative estimate of drug-likeness (QED) is 0.523. The molecule has 0 saturated heterocycles. The zero-order valence-electron chi connectivity index (χ0n) is 12.9. The van der Waals surface area contributed by atoms with Crippen LogP contribution in [0.2, 0.25) is 10.0 Å². The highest BCUT2D eigenvalue weighted by Crippen LogP contribution is 2.41. The highest BCUT2D eigenvalue weighted by Gasteiger charge is 2.11. The first-order valence-corrected chi connectivity index (χ1v) is 8.86. The lowest BCUT2D eigenvalue weighted by molar-refractivity contribution is 0.405. The molecule has 0 amide bonds. The van der Waals surface area contributed by atoms with Crippen molar-refractivity contribution in [1.82, 2.24) is 0 Å². The van der Waals surface area contributed by atoms with Crippen LogP contribution in [0.3, 0.4) is 0 Å². The van der Waals surface area contributed by atoms with Crippen LogP contribution >= 0.6 is 35.0 Å². The summed E-state index contributed by atoms with van der Waals surface area (Å²) in [4.78, 5) is 2.10. The van der Waals surface area contributed by atoms with Crippen molar-refractivity contribution in [3.63, 3.8) is 0 Å². The summed E-state index contributed by atoms with van der Waals surface area (Å²) in [5.41, 5.74) is 1.93. The average molecular weight is 376 g/mol.